The van der Waals surface area contributed by atoms with Crippen LogP contribution < -0.4 is 5.32 Å². The first-order valence-electron chi connectivity index (χ1n) is 21.4. The minimum atomic E-state index is -3.07. The van der Waals surface area contributed by atoms with E-state index in [2.05, 4.69) is 10.1 Å². The molecule has 1 amide bonds. The van der Waals surface area contributed by atoms with E-state index in [-0.39, 0.29) is 19.0 Å². The number of rotatable bonds is 23. The average molecular weight is 934 g/mol. The third kappa shape index (κ3) is 13.6. The molecule has 20 atom stereocenters. The Morgan fingerprint density at radius 1 is 0.781 bits per heavy atom. The molecule has 4 aliphatic heterocycles. The van der Waals surface area contributed by atoms with E-state index in [4.69, 9.17) is 37.9 Å². The second-order valence-corrected chi connectivity index (χ2v) is 16.5. The van der Waals surface area contributed by atoms with Gasteiger partial charge >= 0.3 is 11.9 Å². The summed E-state index contributed by atoms with van der Waals surface area (Å²) >= 11 is 0. The minimum absolute atomic E-state index is 0.192. The zero-order valence-electron chi connectivity index (χ0n) is 35.9. The van der Waals surface area contributed by atoms with Crippen LogP contribution in [-0.2, 0) is 57.0 Å². The van der Waals surface area contributed by atoms with Gasteiger partial charge in [-0.2, -0.15) is 0 Å². The molecule has 372 valence electrons. The van der Waals surface area contributed by atoms with Gasteiger partial charge in [-0.25, -0.2) is 4.79 Å². The van der Waals surface area contributed by atoms with Crippen LogP contribution in [0.1, 0.15) is 71.6 Å². The molecule has 0 saturated carbocycles. The Kier molecular flexibility index (Phi) is 21.3. The molecule has 4 rings (SSSR count). The molecule has 0 unspecified atom stereocenters. The van der Waals surface area contributed by atoms with Gasteiger partial charge in [-0.3, -0.25) is 9.59 Å². The van der Waals surface area contributed by atoms with Gasteiger partial charge in [-0.05, 0) is 19.8 Å². The van der Waals surface area contributed by atoms with Gasteiger partial charge in [0.25, 0.3) is 5.79 Å². The number of hydrogen-bond donors (Lipinski definition) is 13. The number of carboxylic acids is 1. The van der Waals surface area contributed by atoms with Crippen molar-refractivity contribution in [2.75, 3.05) is 33.5 Å². The van der Waals surface area contributed by atoms with E-state index in [1.807, 2.05) is 0 Å². The quantitative estimate of drug-likeness (QED) is 0.0336. The lowest BCUT2D eigenvalue weighted by atomic mass is 9.88. The standard InChI is InChI=1S/C39H67NO24/c1-17-27(48)30(51)31(52)36(58-17)60-21-12-25(57-11-9-7-5-4-6-8-10-24(47)56-3)59-23(16-43)33(21)62-37-32(53)35(29(50)22(15-42)61-37)64-39(38(54)55)13-19(45)26(40-18(2)44)34(63-39)28(49)20(46)14-41/h17,19-23,25-37,41-43,45-46,48-53H,4-16H2,1-3H3,(H,40,44)(H,54,55)/t17-,19-,20+,21+,22+,23+,25+,26+,27+,28+,29-,30+,31-,32+,33-,34+,35-,36-,37-,39-/m0/s1. The number of carbonyl (C=O) groups is 3. The largest absolute Gasteiger partial charge is 0.477 e. The van der Waals surface area contributed by atoms with E-state index in [0.29, 0.717) is 19.3 Å². The van der Waals surface area contributed by atoms with Crippen LogP contribution in [0.25, 0.3) is 0 Å². The molecule has 4 fully saturated rings. The number of amides is 1. The van der Waals surface area contributed by atoms with Crippen molar-refractivity contribution in [1.29, 1.82) is 0 Å². The predicted molar refractivity (Wildman–Crippen MR) is 208 cm³/mol. The van der Waals surface area contributed by atoms with Crippen molar-refractivity contribution in [3.8, 4) is 0 Å². The van der Waals surface area contributed by atoms with Gasteiger partial charge < -0.3 is 109 Å². The van der Waals surface area contributed by atoms with Crippen LogP contribution in [0, 0.1) is 0 Å². The van der Waals surface area contributed by atoms with E-state index >= 15 is 0 Å². The number of carboxylic acid groups (broad SMARTS) is 1. The fourth-order valence-corrected chi connectivity index (χ4v) is 8.08. The summed E-state index contributed by atoms with van der Waals surface area (Å²) in [5.41, 5.74) is 0. The Hall–Kier alpha value is -2.35. The van der Waals surface area contributed by atoms with Crippen molar-refractivity contribution in [2.45, 2.75) is 194 Å². The van der Waals surface area contributed by atoms with Gasteiger partial charge in [0.15, 0.2) is 18.9 Å². The molecule has 0 spiro atoms. The summed E-state index contributed by atoms with van der Waals surface area (Å²) in [5.74, 6) is -6.07. The van der Waals surface area contributed by atoms with Crippen LogP contribution in [0.3, 0.4) is 0 Å². The fraction of sp³-hybridized carbons (Fsp3) is 0.923. The maximum absolute atomic E-state index is 13.0. The Morgan fingerprint density at radius 3 is 2.03 bits per heavy atom. The summed E-state index contributed by atoms with van der Waals surface area (Å²) in [5, 5.41) is 130. The van der Waals surface area contributed by atoms with Gasteiger partial charge in [0, 0.05) is 32.8 Å². The smallest absolute Gasteiger partial charge is 0.364 e. The molecular weight excluding hydrogens is 866 g/mol. The van der Waals surface area contributed by atoms with Crippen molar-refractivity contribution in [3.63, 3.8) is 0 Å². The molecule has 0 aromatic carbocycles. The van der Waals surface area contributed by atoms with Crippen LogP contribution in [0.5, 0.6) is 0 Å². The predicted octanol–water partition coefficient (Wildman–Crippen LogP) is -5.41. The molecule has 4 heterocycles. The van der Waals surface area contributed by atoms with E-state index in [1.165, 1.54) is 14.0 Å². The number of esters is 1. The summed E-state index contributed by atoms with van der Waals surface area (Å²) in [7, 11) is 1.33. The molecule has 4 saturated heterocycles. The highest BCUT2D eigenvalue weighted by Gasteiger charge is 2.60. The highest BCUT2D eigenvalue weighted by Crippen LogP contribution is 2.39. The number of aliphatic hydroxyl groups is 11. The van der Waals surface area contributed by atoms with Gasteiger partial charge in [0.2, 0.25) is 5.91 Å². The molecule has 0 aliphatic carbocycles. The molecule has 25 heteroatoms. The van der Waals surface area contributed by atoms with E-state index < -0.39 is 160 Å². The van der Waals surface area contributed by atoms with Crippen LogP contribution in [0.2, 0.25) is 0 Å². The number of unbranched alkanes of at least 4 members (excludes halogenated alkanes) is 5. The zero-order chi connectivity index (χ0) is 47.5. The number of aliphatic hydroxyl groups excluding tert-OH is 11. The van der Waals surface area contributed by atoms with Gasteiger partial charge in [-0.15, -0.1) is 0 Å². The van der Waals surface area contributed by atoms with Crippen LogP contribution in [-0.4, -0.2) is 235 Å². The lowest BCUT2D eigenvalue weighted by Crippen LogP contribution is -2.70. The van der Waals surface area contributed by atoms with Crippen LogP contribution in [0.15, 0.2) is 0 Å². The summed E-state index contributed by atoms with van der Waals surface area (Å²) in [6, 6.07) is -1.57. The number of nitrogens with one attached hydrogen (secondary N) is 1. The summed E-state index contributed by atoms with van der Waals surface area (Å²) in [4.78, 5) is 36.3. The van der Waals surface area contributed by atoms with Crippen molar-refractivity contribution >= 4 is 17.8 Å². The monoisotopic (exact) mass is 933 g/mol. The summed E-state index contributed by atoms with van der Waals surface area (Å²) in [6.07, 6.45) is -27.2. The van der Waals surface area contributed by atoms with Crippen LogP contribution >= 0.6 is 0 Å². The Morgan fingerprint density at radius 2 is 1.42 bits per heavy atom. The molecule has 0 aromatic heterocycles. The number of aliphatic carboxylic acids is 1. The molecular formula is C39H67NO24. The van der Waals surface area contributed by atoms with Gasteiger partial charge in [0.05, 0.1) is 51.3 Å². The van der Waals surface area contributed by atoms with Crippen molar-refractivity contribution in [2.24, 2.45) is 0 Å². The van der Waals surface area contributed by atoms with Crippen molar-refractivity contribution < 1.29 is 118 Å². The first-order chi connectivity index (χ1) is 30.3. The van der Waals surface area contributed by atoms with Crippen molar-refractivity contribution in [1.82, 2.24) is 5.32 Å². The van der Waals surface area contributed by atoms with E-state index in [0.717, 1.165) is 32.6 Å². The molecule has 64 heavy (non-hydrogen) atoms. The van der Waals surface area contributed by atoms with E-state index in [1.54, 1.807) is 0 Å². The Bertz CT molecular complexity index is 1450. The highest BCUT2D eigenvalue weighted by molar-refractivity contribution is 5.76. The fourth-order valence-electron chi connectivity index (χ4n) is 8.08. The molecule has 4 aliphatic rings. The second kappa shape index (κ2) is 25.1. The topological polar surface area (TPSA) is 389 Å². The second-order valence-electron chi connectivity index (χ2n) is 16.5. The lowest BCUT2D eigenvalue weighted by Gasteiger charge is -2.51. The highest BCUT2D eigenvalue weighted by atomic mass is 16.8. The minimum Gasteiger partial charge on any atom is -0.477 e. The number of carbonyl (C=O) groups excluding carboxylic acids is 2. The van der Waals surface area contributed by atoms with Gasteiger partial charge in [-0.1, -0.05) is 25.7 Å². The molecule has 0 aromatic rings. The normalized spacial score (nSPS) is 40.3. The summed E-state index contributed by atoms with van der Waals surface area (Å²) < 4.78 is 51.7. The number of methoxy groups -OCH3 is 1. The first kappa shape index (κ1) is 54.3. The molecule has 0 radical (unpaired) electrons. The number of ether oxygens (including phenoxy) is 9. The van der Waals surface area contributed by atoms with E-state index in [9.17, 15) is 75.7 Å². The lowest BCUT2D eigenvalue weighted by molar-refractivity contribution is -0.389. The van der Waals surface area contributed by atoms with Crippen molar-refractivity contribution in [3.05, 3.63) is 0 Å². The Labute approximate surface area is 368 Å². The van der Waals surface area contributed by atoms with Gasteiger partial charge in [0.1, 0.15) is 73.2 Å². The SMILES string of the molecule is COC(=O)CCCCCCCCO[C@H]1C[C@@H](O[C@@H]2O[C@@H](C)[C@@H](O)[C@@H](O)[C@@H]2O)[C@H](O[C@@H]2O[C@H](CO)[C@H](O)[C@H](O[C@]3(C(=O)O)C[C@H](O)[C@@H](NC(C)=O)[C@H]([C@H](O)[C@H](O)CO)O3)[C@H]2O)[C@@H](CO)O1. The maximum atomic E-state index is 13.0. The Balaban J connectivity index is 1.56. The molecule has 0 bridgehead atoms. The third-order valence-corrected chi connectivity index (χ3v) is 11.7. The summed E-state index contributed by atoms with van der Waals surface area (Å²) in [6.45, 7) is -0.188. The molecule has 25 nitrogen and oxygen atoms in total. The zero-order valence-corrected chi connectivity index (χ0v) is 35.9. The van der Waals surface area contributed by atoms with Crippen LogP contribution in [0.4, 0.5) is 0 Å². The molecule has 13 N–H and O–H groups in total. The number of hydrogen-bond acceptors (Lipinski definition) is 23. The third-order valence-electron chi connectivity index (χ3n) is 11.7. The average Bonchev–Trinajstić information content (AvgIpc) is 3.26. The maximum Gasteiger partial charge on any atom is 0.364 e. The first-order valence-corrected chi connectivity index (χ1v) is 21.4.